The number of aromatic nitrogens is 2. The molecule has 0 aromatic carbocycles. The highest BCUT2D eigenvalue weighted by Crippen LogP contribution is 2.29. The van der Waals surface area contributed by atoms with Gasteiger partial charge in [0.1, 0.15) is 5.69 Å². The third-order valence-corrected chi connectivity index (χ3v) is 3.76. The van der Waals surface area contributed by atoms with E-state index in [0.717, 1.165) is 12.8 Å². The number of ether oxygens (including phenoxy) is 2. The molecule has 1 aliphatic heterocycles. The van der Waals surface area contributed by atoms with Crippen molar-refractivity contribution in [2.45, 2.75) is 32.4 Å². The molecule has 0 aliphatic carbocycles. The molecule has 0 spiro atoms. The van der Waals surface area contributed by atoms with Crippen LogP contribution in [0.1, 0.15) is 30.3 Å². The fourth-order valence-corrected chi connectivity index (χ4v) is 2.72. The van der Waals surface area contributed by atoms with E-state index in [1.165, 1.54) is 6.20 Å². The van der Waals surface area contributed by atoms with Gasteiger partial charge >= 0.3 is 0 Å². The number of rotatable bonds is 6. The molecule has 2 heterocycles. The molecule has 2 unspecified atom stereocenters. The first kappa shape index (κ1) is 14.5. The van der Waals surface area contributed by atoms with Gasteiger partial charge in [0, 0.05) is 13.7 Å². The molecule has 1 aliphatic rings. The van der Waals surface area contributed by atoms with Crippen LogP contribution in [0.2, 0.25) is 5.02 Å². The van der Waals surface area contributed by atoms with Crippen LogP contribution in [0, 0.1) is 5.92 Å². The lowest BCUT2D eigenvalue weighted by molar-refractivity contribution is 0.0679. The van der Waals surface area contributed by atoms with Gasteiger partial charge in [-0.2, -0.15) is 5.10 Å². The number of hydrogen-bond donors (Lipinski definition) is 0. The van der Waals surface area contributed by atoms with Gasteiger partial charge in [-0.3, -0.25) is 9.48 Å². The van der Waals surface area contributed by atoms with Crippen molar-refractivity contribution < 1.29 is 14.3 Å². The van der Waals surface area contributed by atoms with Gasteiger partial charge in [0.05, 0.1) is 36.4 Å². The highest BCUT2D eigenvalue weighted by atomic mass is 35.5. The van der Waals surface area contributed by atoms with Gasteiger partial charge in [0.15, 0.2) is 5.78 Å². The van der Waals surface area contributed by atoms with E-state index >= 15 is 0 Å². The van der Waals surface area contributed by atoms with Crippen molar-refractivity contribution in [2.24, 2.45) is 5.92 Å². The standard InChI is InChI=1S/C13H19ClN2O3/c1-3-11-9(4-6-19-11)13(17)12-10(14)8-15-16(12)5-7-18-2/h8-9,11H,3-7H2,1-2H3. The second-order valence-electron chi connectivity index (χ2n) is 4.63. The number of carbonyl (C=O) groups is 1. The van der Waals surface area contributed by atoms with Crippen LogP contribution in [0.3, 0.4) is 0 Å². The first-order valence-electron chi connectivity index (χ1n) is 6.55. The van der Waals surface area contributed by atoms with Gasteiger partial charge in [0.2, 0.25) is 0 Å². The smallest absolute Gasteiger partial charge is 0.188 e. The minimum Gasteiger partial charge on any atom is -0.383 e. The van der Waals surface area contributed by atoms with Crippen molar-refractivity contribution in [1.29, 1.82) is 0 Å². The van der Waals surface area contributed by atoms with Crippen LogP contribution in [0.4, 0.5) is 0 Å². The fourth-order valence-electron chi connectivity index (χ4n) is 2.48. The number of methoxy groups -OCH3 is 1. The zero-order chi connectivity index (χ0) is 13.8. The normalized spacial score (nSPS) is 22.9. The Morgan fingerprint density at radius 3 is 3.16 bits per heavy atom. The van der Waals surface area contributed by atoms with Crippen molar-refractivity contribution in [1.82, 2.24) is 9.78 Å². The van der Waals surface area contributed by atoms with Gasteiger partial charge in [-0.1, -0.05) is 18.5 Å². The number of Topliss-reactive ketones (excluding diaryl/α,β-unsaturated/α-hetero) is 1. The molecule has 2 rings (SSSR count). The predicted octanol–water partition coefficient (Wildman–Crippen LogP) is 2.18. The lowest BCUT2D eigenvalue weighted by Crippen LogP contribution is -2.26. The topological polar surface area (TPSA) is 53.3 Å². The largest absolute Gasteiger partial charge is 0.383 e. The molecule has 1 aromatic rings. The second kappa shape index (κ2) is 6.50. The van der Waals surface area contributed by atoms with Gasteiger partial charge in [-0.15, -0.1) is 0 Å². The Kier molecular flexibility index (Phi) is 4.96. The summed E-state index contributed by atoms with van der Waals surface area (Å²) >= 11 is 6.10. The summed E-state index contributed by atoms with van der Waals surface area (Å²) in [6, 6.07) is 0. The predicted molar refractivity (Wildman–Crippen MR) is 71.6 cm³/mol. The van der Waals surface area contributed by atoms with Gasteiger partial charge in [-0.25, -0.2) is 0 Å². The van der Waals surface area contributed by atoms with E-state index in [4.69, 9.17) is 21.1 Å². The van der Waals surface area contributed by atoms with E-state index in [2.05, 4.69) is 5.10 Å². The highest BCUT2D eigenvalue weighted by Gasteiger charge is 2.35. The summed E-state index contributed by atoms with van der Waals surface area (Å²) in [6.45, 7) is 3.68. The Bertz CT molecular complexity index is 447. The Hall–Kier alpha value is -0.910. The summed E-state index contributed by atoms with van der Waals surface area (Å²) in [5, 5.41) is 4.55. The lowest BCUT2D eigenvalue weighted by atomic mass is 9.93. The van der Waals surface area contributed by atoms with Crippen molar-refractivity contribution >= 4 is 17.4 Å². The Balaban J connectivity index is 2.20. The Morgan fingerprint density at radius 2 is 2.47 bits per heavy atom. The van der Waals surface area contributed by atoms with E-state index in [0.29, 0.717) is 30.5 Å². The fraction of sp³-hybridized carbons (Fsp3) is 0.692. The number of ketones is 1. The molecule has 1 fully saturated rings. The summed E-state index contributed by atoms with van der Waals surface area (Å²) in [5.74, 6) is -0.0801. The quantitative estimate of drug-likeness (QED) is 0.752. The number of halogens is 1. The Labute approximate surface area is 117 Å². The van der Waals surface area contributed by atoms with Crippen LogP contribution in [-0.2, 0) is 16.0 Å². The second-order valence-corrected chi connectivity index (χ2v) is 5.04. The summed E-state index contributed by atoms with van der Waals surface area (Å²) < 4.78 is 12.2. The molecular formula is C13H19ClN2O3. The first-order valence-corrected chi connectivity index (χ1v) is 6.92. The van der Waals surface area contributed by atoms with E-state index in [9.17, 15) is 4.79 Å². The van der Waals surface area contributed by atoms with Crippen molar-refractivity contribution in [3.8, 4) is 0 Å². The maximum Gasteiger partial charge on any atom is 0.188 e. The van der Waals surface area contributed by atoms with Crippen molar-refractivity contribution in [3.63, 3.8) is 0 Å². The zero-order valence-electron chi connectivity index (χ0n) is 11.3. The summed E-state index contributed by atoms with van der Waals surface area (Å²) in [5.41, 5.74) is 0.479. The van der Waals surface area contributed by atoms with E-state index in [1.54, 1.807) is 11.8 Å². The molecule has 106 valence electrons. The first-order chi connectivity index (χ1) is 9.19. The molecule has 0 radical (unpaired) electrons. The molecule has 2 atom stereocenters. The van der Waals surface area contributed by atoms with Crippen molar-refractivity contribution in [3.05, 3.63) is 16.9 Å². The summed E-state index contributed by atoms with van der Waals surface area (Å²) in [6.07, 6.45) is 3.10. The average molecular weight is 287 g/mol. The van der Waals surface area contributed by atoms with Gasteiger partial charge in [-0.05, 0) is 12.8 Å². The van der Waals surface area contributed by atoms with E-state index in [-0.39, 0.29) is 17.8 Å². The van der Waals surface area contributed by atoms with E-state index in [1.807, 2.05) is 6.92 Å². The molecule has 6 heteroatoms. The SMILES string of the molecule is CCC1OCCC1C(=O)c1c(Cl)cnn1CCOC. The van der Waals surface area contributed by atoms with E-state index < -0.39 is 0 Å². The monoisotopic (exact) mass is 286 g/mol. The molecule has 0 N–H and O–H groups in total. The highest BCUT2D eigenvalue weighted by molar-refractivity contribution is 6.33. The molecule has 5 nitrogen and oxygen atoms in total. The third kappa shape index (κ3) is 2.99. The molecule has 19 heavy (non-hydrogen) atoms. The Morgan fingerprint density at radius 1 is 1.68 bits per heavy atom. The minimum atomic E-state index is -0.111. The van der Waals surface area contributed by atoms with Gasteiger partial charge in [0.25, 0.3) is 0 Å². The van der Waals surface area contributed by atoms with Crippen LogP contribution >= 0.6 is 11.6 Å². The molecule has 0 amide bonds. The molecular weight excluding hydrogens is 268 g/mol. The van der Waals surface area contributed by atoms with Gasteiger partial charge < -0.3 is 9.47 Å². The number of nitrogens with zero attached hydrogens (tertiary/aromatic N) is 2. The zero-order valence-corrected chi connectivity index (χ0v) is 12.0. The minimum absolute atomic E-state index is 0.00524. The molecule has 1 saturated heterocycles. The molecule has 1 aromatic heterocycles. The van der Waals surface area contributed by atoms with Crippen LogP contribution in [0.15, 0.2) is 6.20 Å². The summed E-state index contributed by atoms with van der Waals surface area (Å²) in [4.78, 5) is 12.6. The van der Waals surface area contributed by atoms with Crippen LogP contribution < -0.4 is 0 Å². The van der Waals surface area contributed by atoms with Crippen LogP contribution in [0.5, 0.6) is 0 Å². The number of carbonyl (C=O) groups excluding carboxylic acids is 1. The third-order valence-electron chi connectivity index (χ3n) is 3.48. The van der Waals surface area contributed by atoms with Crippen molar-refractivity contribution in [2.75, 3.05) is 20.3 Å². The summed E-state index contributed by atoms with van der Waals surface area (Å²) in [7, 11) is 1.62. The van der Waals surface area contributed by atoms with Crippen LogP contribution in [0.25, 0.3) is 0 Å². The average Bonchev–Trinajstić information content (AvgIpc) is 3.02. The molecule has 0 saturated carbocycles. The van der Waals surface area contributed by atoms with Crippen LogP contribution in [-0.4, -0.2) is 42.0 Å². The number of hydrogen-bond acceptors (Lipinski definition) is 4. The lowest BCUT2D eigenvalue weighted by Gasteiger charge is -2.16. The molecule has 0 bridgehead atoms. The maximum absolute atomic E-state index is 12.6. The maximum atomic E-state index is 12.6.